The molecule has 3 heteroatoms. The van der Waals surface area contributed by atoms with Gasteiger partial charge in [0.25, 0.3) is 0 Å². The van der Waals surface area contributed by atoms with Crippen LogP contribution in [0.3, 0.4) is 0 Å². The van der Waals surface area contributed by atoms with Crippen LogP contribution in [0.4, 0.5) is 0 Å². The van der Waals surface area contributed by atoms with E-state index < -0.39 is 11.4 Å². The fourth-order valence-electron chi connectivity index (χ4n) is 3.02. The van der Waals surface area contributed by atoms with Crippen molar-refractivity contribution < 1.29 is 14.7 Å². The first kappa shape index (κ1) is 12.8. The van der Waals surface area contributed by atoms with Crippen molar-refractivity contribution in [1.82, 2.24) is 0 Å². The van der Waals surface area contributed by atoms with Crippen molar-refractivity contribution in [2.75, 3.05) is 0 Å². The van der Waals surface area contributed by atoms with E-state index in [0.717, 1.165) is 12.0 Å². The topological polar surface area (TPSA) is 54.4 Å². The first-order valence-corrected chi connectivity index (χ1v) is 6.27. The molecule has 0 aromatic heterocycles. The predicted octanol–water partition coefficient (Wildman–Crippen LogP) is 3.00. The van der Waals surface area contributed by atoms with E-state index in [0.29, 0.717) is 12.8 Å². The van der Waals surface area contributed by atoms with Crippen molar-refractivity contribution in [3.63, 3.8) is 0 Å². The predicted molar refractivity (Wildman–Crippen MR) is 68.4 cm³/mol. The summed E-state index contributed by atoms with van der Waals surface area (Å²) in [5, 5.41) is 8.96. The van der Waals surface area contributed by atoms with Gasteiger partial charge in [0.1, 0.15) is 5.78 Å². The third-order valence-corrected chi connectivity index (χ3v) is 3.69. The number of carbonyl (C=O) groups is 2. The summed E-state index contributed by atoms with van der Waals surface area (Å²) in [5.74, 6) is -0.477. The molecular formula is C15H18O3. The quantitative estimate of drug-likeness (QED) is 0.892. The minimum absolute atomic E-state index is 0.0715. The summed E-state index contributed by atoms with van der Waals surface area (Å²) in [6.07, 6.45) is 1.78. The number of carboxylic acid groups (broad SMARTS) is 1. The molecule has 0 radical (unpaired) electrons. The molecule has 0 bridgehead atoms. The van der Waals surface area contributed by atoms with E-state index in [2.05, 4.69) is 0 Å². The molecule has 1 aromatic carbocycles. The van der Waals surface area contributed by atoms with Crippen LogP contribution >= 0.6 is 0 Å². The number of Topliss-reactive ketones (excluding diaryl/α,β-unsaturated/α-hetero) is 1. The van der Waals surface area contributed by atoms with Gasteiger partial charge in [0.15, 0.2) is 0 Å². The zero-order chi connectivity index (χ0) is 13.2. The summed E-state index contributed by atoms with van der Waals surface area (Å²) in [5.41, 5.74) is 0.740. The lowest BCUT2D eigenvalue weighted by atomic mass is 9.67. The number of carboxylic acids is 1. The van der Waals surface area contributed by atoms with Gasteiger partial charge in [0.2, 0.25) is 0 Å². The second-order valence-corrected chi connectivity index (χ2v) is 5.61. The first-order chi connectivity index (χ1) is 8.48. The van der Waals surface area contributed by atoms with Crippen LogP contribution in [-0.2, 0) is 9.59 Å². The Morgan fingerprint density at radius 1 is 1.39 bits per heavy atom. The van der Waals surface area contributed by atoms with Crippen molar-refractivity contribution in [1.29, 1.82) is 0 Å². The van der Waals surface area contributed by atoms with E-state index >= 15 is 0 Å². The molecule has 0 spiro atoms. The third-order valence-electron chi connectivity index (χ3n) is 3.69. The average Bonchev–Trinajstić information content (AvgIpc) is 2.27. The first-order valence-electron chi connectivity index (χ1n) is 6.27. The highest BCUT2D eigenvalue weighted by molar-refractivity contribution is 5.82. The molecule has 1 aliphatic carbocycles. The van der Waals surface area contributed by atoms with E-state index in [-0.39, 0.29) is 18.1 Å². The number of benzene rings is 1. The van der Waals surface area contributed by atoms with Gasteiger partial charge in [-0.15, -0.1) is 0 Å². The Kier molecular flexibility index (Phi) is 3.50. The lowest BCUT2D eigenvalue weighted by Crippen LogP contribution is -2.32. The SMILES string of the molecule is CC1(CC(=O)O)CC(=O)CC(c2ccccc2)C1. The van der Waals surface area contributed by atoms with E-state index in [9.17, 15) is 9.59 Å². The molecule has 0 amide bonds. The second-order valence-electron chi connectivity index (χ2n) is 5.61. The molecule has 1 saturated carbocycles. The van der Waals surface area contributed by atoms with E-state index in [1.54, 1.807) is 0 Å². The molecule has 1 aromatic rings. The Morgan fingerprint density at radius 3 is 2.67 bits per heavy atom. The molecule has 2 rings (SSSR count). The molecule has 18 heavy (non-hydrogen) atoms. The van der Waals surface area contributed by atoms with E-state index in [4.69, 9.17) is 5.11 Å². The molecule has 1 fully saturated rings. The monoisotopic (exact) mass is 246 g/mol. The Labute approximate surface area is 107 Å². The van der Waals surface area contributed by atoms with Crippen LogP contribution in [0.1, 0.15) is 44.1 Å². The van der Waals surface area contributed by atoms with Crippen LogP contribution in [-0.4, -0.2) is 16.9 Å². The largest absolute Gasteiger partial charge is 0.481 e. The summed E-state index contributed by atoms with van der Waals surface area (Å²) in [6.45, 7) is 1.91. The van der Waals surface area contributed by atoms with Crippen LogP contribution in [0.15, 0.2) is 30.3 Å². The molecule has 96 valence electrons. The van der Waals surface area contributed by atoms with Crippen molar-refractivity contribution in [2.45, 2.75) is 38.5 Å². The molecule has 1 aliphatic rings. The van der Waals surface area contributed by atoms with Crippen LogP contribution < -0.4 is 0 Å². The summed E-state index contributed by atoms with van der Waals surface area (Å²) in [7, 11) is 0. The normalized spacial score (nSPS) is 28.1. The van der Waals surface area contributed by atoms with Gasteiger partial charge in [-0.3, -0.25) is 9.59 Å². The molecule has 0 saturated heterocycles. The van der Waals surface area contributed by atoms with Crippen LogP contribution in [0.5, 0.6) is 0 Å². The molecule has 2 unspecified atom stereocenters. The zero-order valence-electron chi connectivity index (χ0n) is 10.6. The Balaban J connectivity index is 2.19. The third kappa shape index (κ3) is 2.97. The minimum Gasteiger partial charge on any atom is -0.481 e. The van der Waals surface area contributed by atoms with E-state index in [1.165, 1.54) is 0 Å². The molecule has 0 heterocycles. The molecule has 2 atom stereocenters. The minimum atomic E-state index is -0.820. The smallest absolute Gasteiger partial charge is 0.303 e. The maximum Gasteiger partial charge on any atom is 0.303 e. The Morgan fingerprint density at radius 2 is 2.06 bits per heavy atom. The lowest BCUT2D eigenvalue weighted by Gasteiger charge is -2.36. The van der Waals surface area contributed by atoms with Gasteiger partial charge in [-0.05, 0) is 23.3 Å². The summed E-state index contributed by atoms with van der Waals surface area (Å²) >= 11 is 0. The summed E-state index contributed by atoms with van der Waals surface area (Å²) in [4.78, 5) is 22.8. The molecule has 3 nitrogen and oxygen atoms in total. The maximum atomic E-state index is 11.9. The fourth-order valence-corrected chi connectivity index (χ4v) is 3.02. The van der Waals surface area contributed by atoms with Gasteiger partial charge in [-0.25, -0.2) is 0 Å². The van der Waals surface area contributed by atoms with Crippen LogP contribution in [0.25, 0.3) is 0 Å². The zero-order valence-corrected chi connectivity index (χ0v) is 10.6. The van der Waals surface area contributed by atoms with Crippen LogP contribution in [0, 0.1) is 5.41 Å². The summed E-state index contributed by atoms with van der Waals surface area (Å²) < 4.78 is 0. The Hall–Kier alpha value is -1.64. The number of carbonyl (C=O) groups excluding carboxylic acids is 1. The average molecular weight is 246 g/mol. The van der Waals surface area contributed by atoms with E-state index in [1.807, 2.05) is 37.3 Å². The van der Waals surface area contributed by atoms with Crippen molar-refractivity contribution in [3.05, 3.63) is 35.9 Å². The van der Waals surface area contributed by atoms with Gasteiger partial charge in [-0.1, -0.05) is 37.3 Å². The van der Waals surface area contributed by atoms with Crippen molar-refractivity contribution in [2.24, 2.45) is 5.41 Å². The highest BCUT2D eigenvalue weighted by Crippen LogP contribution is 2.44. The fraction of sp³-hybridized carbons (Fsp3) is 0.467. The van der Waals surface area contributed by atoms with Gasteiger partial charge < -0.3 is 5.11 Å². The second kappa shape index (κ2) is 4.92. The Bertz CT molecular complexity index is 448. The van der Waals surface area contributed by atoms with Crippen molar-refractivity contribution >= 4 is 11.8 Å². The highest BCUT2D eigenvalue weighted by Gasteiger charge is 2.38. The number of hydrogen-bond acceptors (Lipinski definition) is 2. The van der Waals surface area contributed by atoms with Crippen LogP contribution in [0.2, 0.25) is 0 Å². The number of hydrogen-bond donors (Lipinski definition) is 1. The maximum absolute atomic E-state index is 11.9. The molecule has 0 aliphatic heterocycles. The number of rotatable bonds is 3. The number of ketones is 1. The summed E-state index contributed by atoms with van der Waals surface area (Å²) in [6, 6.07) is 9.91. The number of aliphatic carboxylic acids is 1. The molecule has 1 N–H and O–H groups in total. The van der Waals surface area contributed by atoms with Gasteiger partial charge in [-0.2, -0.15) is 0 Å². The lowest BCUT2D eigenvalue weighted by molar-refractivity contribution is -0.140. The van der Waals surface area contributed by atoms with Gasteiger partial charge >= 0.3 is 5.97 Å². The van der Waals surface area contributed by atoms with Crippen molar-refractivity contribution in [3.8, 4) is 0 Å². The van der Waals surface area contributed by atoms with Gasteiger partial charge in [0, 0.05) is 12.8 Å². The standard InChI is InChI=1S/C15H18O3/c1-15(10-14(17)18)8-12(7-13(16)9-15)11-5-3-2-4-6-11/h2-6,12H,7-10H2,1H3,(H,17,18). The highest BCUT2D eigenvalue weighted by atomic mass is 16.4. The van der Waals surface area contributed by atoms with Gasteiger partial charge in [0.05, 0.1) is 6.42 Å². The molecular weight excluding hydrogens is 228 g/mol.